The highest BCUT2D eigenvalue weighted by atomic mass is 32.2. The molecule has 0 radical (unpaired) electrons. The van der Waals surface area contributed by atoms with Gasteiger partial charge in [0, 0.05) is 36.4 Å². The monoisotopic (exact) mass is 408 g/mol. The summed E-state index contributed by atoms with van der Waals surface area (Å²) in [5.41, 5.74) is 3.51. The molecule has 0 bridgehead atoms. The molecule has 1 saturated heterocycles. The van der Waals surface area contributed by atoms with E-state index < -0.39 is 0 Å². The summed E-state index contributed by atoms with van der Waals surface area (Å²) in [6.07, 6.45) is 6.29. The van der Waals surface area contributed by atoms with Gasteiger partial charge < -0.3 is 10.2 Å². The van der Waals surface area contributed by atoms with Crippen LogP contribution in [-0.4, -0.2) is 35.1 Å². The highest BCUT2D eigenvalue weighted by Crippen LogP contribution is 2.31. The van der Waals surface area contributed by atoms with Crippen molar-refractivity contribution in [1.29, 1.82) is 0 Å². The number of hydrogen-bond acceptors (Lipinski definition) is 3. The topological polar surface area (TPSA) is 49.4 Å². The number of carbonyl (C=O) groups is 2. The summed E-state index contributed by atoms with van der Waals surface area (Å²) in [7, 11) is 0. The highest BCUT2D eigenvalue weighted by molar-refractivity contribution is 7.98. The minimum Gasteiger partial charge on any atom is -0.350 e. The van der Waals surface area contributed by atoms with E-state index in [0.717, 1.165) is 25.8 Å². The van der Waals surface area contributed by atoms with Gasteiger partial charge in [0.25, 0.3) is 0 Å². The number of amides is 2. The largest absolute Gasteiger partial charge is 0.350 e. The summed E-state index contributed by atoms with van der Waals surface area (Å²) < 4.78 is 0. The summed E-state index contributed by atoms with van der Waals surface area (Å²) in [6, 6.07) is 16.9. The lowest BCUT2D eigenvalue weighted by molar-refractivity contribution is -0.132. The molecule has 2 aliphatic heterocycles. The van der Waals surface area contributed by atoms with Crippen LogP contribution in [-0.2, 0) is 29.0 Å². The van der Waals surface area contributed by atoms with Crippen molar-refractivity contribution in [2.45, 2.75) is 55.5 Å². The predicted octanol–water partition coefficient (Wildman–Crippen LogP) is 3.96. The molecule has 0 spiro atoms. The number of benzene rings is 2. The third-order valence-electron chi connectivity index (χ3n) is 6.24. The Balaban J connectivity index is 1.41. The molecule has 1 fully saturated rings. The number of rotatable bonds is 6. The van der Waals surface area contributed by atoms with Crippen molar-refractivity contribution < 1.29 is 9.59 Å². The van der Waals surface area contributed by atoms with Crippen LogP contribution in [0.2, 0.25) is 0 Å². The fourth-order valence-corrected chi connectivity index (χ4v) is 4.94. The van der Waals surface area contributed by atoms with E-state index in [2.05, 4.69) is 54.0 Å². The lowest BCUT2D eigenvalue weighted by Crippen LogP contribution is -2.45. The molecule has 4 nitrogen and oxygen atoms in total. The standard InChI is InChI=1S/C24H28N2O2S/c1-29-21-8-6-18(7-9-21)16-24(13-10-22(27)25-24)14-11-23(28)26-15-12-19-4-2-3-5-20(19)17-26/h2-9H,10-17H2,1H3,(H,25,27). The fourth-order valence-electron chi connectivity index (χ4n) is 4.53. The first kappa shape index (κ1) is 20.0. The van der Waals surface area contributed by atoms with Gasteiger partial charge in [-0.1, -0.05) is 36.4 Å². The quantitative estimate of drug-likeness (QED) is 0.736. The maximum absolute atomic E-state index is 12.9. The first-order valence-corrected chi connectivity index (χ1v) is 11.6. The zero-order chi connectivity index (χ0) is 20.3. The zero-order valence-electron chi connectivity index (χ0n) is 16.9. The second-order valence-corrected chi connectivity index (χ2v) is 9.07. The van der Waals surface area contributed by atoms with Crippen LogP contribution in [0.5, 0.6) is 0 Å². The van der Waals surface area contributed by atoms with Crippen LogP contribution in [0.15, 0.2) is 53.4 Å². The number of nitrogens with one attached hydrogen (secondary N) is 1. The maximum atomic E-state index is 12.9. The van der Waals surface area contributed by atoms with Crippen LogP contribution in [0.25, 0.3) is 0 Å². The van der Waals surface area contributed by atoms with E-state index in [1.54, 1.807) is 11.8 Å². The lowest BCUT2D eigenvalue weighted by Gasteiger charge is -2.32. The van der Waals surface area contributed by atoms with Crippen molar-refractivity contribution in [2.24, 2.45) is 0 Å². The SMILES string of the molecule is CSc1ccc(CC2(CCC(=O)N3CCc4ccccc4C3)CCC(=O)N2)cc1. The van der Waals surface area contributed by atoms with Crippen molar-refractivity contribution in [3.05, 3.63) is 65.2 Å². The number of fused-ring (bicyclic) bond motifs is 1. The highest BCUT2D eigenvalue weighted by Gasteiger charge is 2.38. The third-order valence-corrected chi connectivity index (χ3v) is 6.98. The average molecular weight is 409 g/mol. The summed E-state index contributed by atoms with van der Waals surface area (Å²) in [5.74, 6) is 0.294. The molecule has 1 N–H and O–H groups in total. The molecule has 2 heterocycles. The fraction of sp³-hybridized carbons (Fsp3) is 0.417. The molecule has 4 rings (SSSR count). The Kier molecular flexibility index (Phi) is 5.95. The molecule has 152 valence electrons. The van der Waals surface area contributed by atoms with Crippen LogP contribution in [0, 0.1) is 0 Å². The Bertz CT molecular complexity index is 896. The Hall–Kier alpha value is -2.27. The number of thioether (sulfide) groups is 1. The predicted molar refractivity (Wildman–Crippen MR) is 117 cm³/mol. The molecule has 0 aliphatic carbocycles. The van der Waals surface area contributed by atoms with Gasteiger partial charge in [0.05, 0.1) is 0 Å². The van der Waals surface area contributed by atoms with Crippen molar-refractivity contribution in [3.8, 4) is 0 Å². The van der Waals surface area contributed by atoms with E-state index in [-0.39, 0.29) is 17.4 Å². The molecule has 5 heteroatoms. The van der Waals surface area contributed by atoms with Gasteiger partial charge in [-0.3, -0.25) is 9.59 Å². The zero-order valence-corrected chi connectivity index (χ0v) is 17.8. The first-order valence-electron chi connectivity index (χ1n) is 10.4. The van der Waals surface area contributed by atoms with Crippen molar-refractivity contribution >= 4 is 23.6 Å². The second-order valence-electron chi connectivity index (χ2n) is 8.19. The van der Waals surface area contributed by atoms with E-state index in [0.29, 0.717) is 25.8 Å². The molecule has 2 aliphatic rings. The first-order chi connectivity index (χ1) is 14.1. The van der Waals surface area contributed by atoms with E-state index >= 15 is 0 Å². The summed E-state index contributed by atoms with van der Waals surface area (Å²) in [4.78, 5) is 28.2. The molecule has 1 unspecified atom stereocenters. The Morgan fingerprint density at radius 3 is 2.55 bits per heavy atom. The van der Waals surface area contributed by atoms with Crippen molar-refractivity contribution in [1.82, 2.24) is 10.2 Å². The van der Waals surface area contributed by atoms with Gasteiger partial charge in [-0.05, 0) is 60.8 Å². The van der Waals surface area contributed by atoms with Crippen LogP contribution in [0.4, 0.5) is 0 Å². The van der Waals surface area contributed by atoms with Crippen molar-refractivity contribution in [3.63, 3.8) is 0 Å². The molecular weight excluding hydrogens is 380 g/mol. The van der Waals surface area contributed by atoms with E-state index in [9.17, 15) is 9.59 Å². The second kappa shape index (κ2) is 8.62. The Morgan fingerprint density at radius 2 is 1.86 bits per heavy atom. The maximum Gasteiger partial charge on any atom is 0.222 e. The van der Waals surface area contributed by atoms with Crippen LogP contribution in [0.1, 0.15) is 42.4 Å². The molecule has 2 aromatic rings. The van der Waals surface area contributed by atoms with E-state index in [4.69, 9.17) is 0 Å². The molecule has 0 aromatic heterocycles. The van der Waals surface area contributed by atoms with Crippen molar-refractivity contribution in [2.75, 3.05) is 12.8 Å². The lowest BCUT2D eigenvalue weighted by atomic mass is 9.84. The molecular formula is C24H28N2O2S. The molecule has 29 heavy (non-hydrogen) atoms. The van der Waals surface area contributed by atoms with Gasteiger partial charge in [0.2, 0.25) is 11.8 Å². The Morgan fingerprint density at radius 1 is 1.10 bits per heavy atom. The van der Waals surface area contributed by atoms with Gasteiger partial charge in [-0.2, -0.15) is 0 Å². The third kappa shape index (κ3) is 4.67. The van der Waals surface area contributed by atoms with E-state index in [1.807, 2.05) is 11.0 Å². The average Bonchev–Trinajstić information content (AvgIpc) is 3.12. The van der Waals surface area contributed by atoms with Gasteiger partial charge in [-0.15, -0.1) is 11.8 Å². The van der Waals surface area contributed by atoms with Crippen LogP contribution >= 0.6 is 11.8 Å². The molecule has 2 aromatic carbocycles. The van der Waals surface area contributed by atoms with Gasteiger partial charge in [0.15, 0.2) is 0 Å². The number of nitrogens with zero attached hydrogens (tertiary/aromatic N) is 1. The van der Waals surface area contributed by atoms with Gasteiger partial charge in [0.1, 0.15) is 0 Å². The van der Waals surface area contributed by atoms with Crippen LogP contribution in [0.3, 0.4) is 0 Å². The summed E-state index contributed by atoms with van der Waals surface area (Å²) in [6.45, 7) is 1.48. The summed E-state index contributed by atoms with van der Waals surface area (Å²) >= 11 is 1.72. The van der Waals surface area contributed by atoms with E-state index in [1.165, 1.54) is 21.6 Å². The van der Waals surface area contributed by atoms with Gasteiger partial charge >= 0.3 is 0 Å². The molecule has 2 amide bonds. The number of hydrogen-bond donors (Lipinski definition) is 1. The molecule has 1 atom stereocenters. The minimum absolute atomic E-state index is 0.102. The normalized spacial score (nSPS) is 21.0. The number of carbonyl (C=O) groups excluding carboxylic acids is 2. The summed E-state index contributed by atoms with van der Waals surface area (Å²) in [5, 5.41) is 3.20. The smallest absolute Gasteiger partial charge is 0.222 e. The minimum atomic E-state index is -0.304. The van der Waals surface area contributed by atoms with Gasteiger partial charge in [-0.25, -0.2) is 0 Å². The van der Waals surface area contributed by atoms with Crippen LogP contribution < -0.4 is 5.32 Å². The Labute approximate surface area is 177 Å². The molecule has 0 saturated carbocycles.